The van der Waals surface area contributed by atoms with E-state index < -0.39 is 17.6 Å². The number of carboxylic acids is 1. The molecule has 3 atom stereocenters. The molecule has 0 radical (unpaired) electrons. The molecule has 3 N–H and O–H groups in total. The van der Waals surface area contributed by atoms with Gasteiger partial charge in [0, 0.05) is 47.8 Å². The minimum absolute atomic E-state index is 0.0218. The first kappa shape index (κ1) is 28.2. The van der Waals surface area contributed by atoms with Crippen LogP contribution in [0.1, 0.15) is 37.3 Å². The minimum atomic E-state index is -0.824. The predicted molar refractivity (Wildman–Crippen MR) is 143 cm³/mol. The van der Waals surface area contributed by atoms with Crippen LogP contribution in [0.15, 0.2) is 53.6 Å². The molecule has 4 rings (SSSR count). The number of methoxy groups -OCH3 is 1. The fourth-order valence-electron chi connectivity index (χ4n) is 5.35. The van der Waals surface area contributed by atoms with E-state index in [-0.39, 0.29) is 24.3 Å². The third-order valence-electron chi connectivity index (χ3n) is 7.26. The molecule has 1 unspecified atom stereocenters. The van der Waals surface area contributed by atoms with Crippen molar-refractivity contribution in [1.29, 1.82) is 0 Å². The van der Waals surface area contributed by atoms with Gasteiger partial charge in [0.1, 0.15) is 17.4 Å². The van der Waals surface area contributed by atoms with Crippen molar-refractivity contribution < 1.29 is 28.6 Å². The Morgan fingerprint density at radius 1 is 1.21 bits per heavy atom. The highest BCUT2D eigenvalue weighted by Gasteiger charge is 2.31. The van der Waals surface area contributed by atoms with Crippen LogP contribution in [0, 0.1) is 23.5 Å². The van der Waals surface area contributed by atoms with Gasteiger partial charge in [0.15, 0.2) is 0 Å². The largest absolute Gasteiger partial charge is 0.497 e. The summed E-state index contributed by atoms with van der Waals surface area (Å²) in [4.78, 5) is 18.8. The molecule has 7 nitrogen and oxygen atoms in total. The van der Waals surface area contributed by atoms with Gasteiger partial charge in [-0.15, -0.1) is 11.8 Å². The molecule has 3 aromatic rings. The number of ether oxygens (including phenoxy) is 1. The Bertz CT molecular complexity index is 1230. The number of likely N-dealkylation sites (tertiary alicyclic amines) is 1. The number of thioether (sulfide) groups is 1. The fraction of sp³-hybridized carbons (Fsp3) is 0.429. The maximum absolute atomic E-state index is 13.5. The molecule has 1 fully saturated rings. The zero-order chi connectivity index (χ0) is 27.1. The summed E-state index contributed by atoms with van der Waals surface area (Å²) < 4.78 is 32.3. The Morgan fingerprint density at radius 3 is 2.71 bits per heavy atom. The molecule has 1 saturated heterocycles. The number of aromatic nitrogens is 1. The van der Waals surface area contributed by atoms with Gasteiger partial charge in [-0.3, -0.25) is 9.78 Å². The molecule has 1 aliphatic heterocycles. The predicted octanol–water partition coefficient (Wildman–Crippen LogP) is 5.53. The number of carboxylic acid groups (broad SMARTS) is 1. The second kappa shape index (κ2) is 13.3. The van der Waals surface area contributed by atoms with Gasteiger partial charge >= 0.3 is 5.97 Å². The number of benzene rings is 2. The number of fused-ring (bicyclic) bond motifs is 1. The van der Waals surface area contributed by atoms with Gasteiger partial charge < -0.3 is 20.0 Å². The van der Waals surface area contributed by atoms with Crippen LogP contribution >= 0.6 is 11.8 Å². The quantitative estimate of drug-likeness (QED) is 0.202. The summed E-state index contributed by atoms with van der Waals surface area (Å²) in [5, 5.41) is 20.5. The summed E-state index contributed by atoms with van der Waals surface area (Å²) in [6, 6.07) is 10.7. The zero-order valence-corrected chi connectivity index (χ0v) is 22.1. The Hall–Kier alpha value is -2.79. The SMILES string of the molecule is COc1ccc2nccc(C(CC[C@@H]3CCN(CCSc4cc(F)cc(F)c4)C[C@@H]3CC(=O)O)NO)c2c1. The Morgan fingerprint density at radius 2 is 2.00 bits per heavy atom. The Labute approximate surface area is 225 Å². The molecule has 204 valence electrons. The minimum Gasteiger partial charge on any atom is -0.497 e. The Balaban J connectivity index is 1.37. The van der Waals surface area contributed by atoms with Crippen molar-refractivity contribution in [3.63, 3.8) is 0 Å². The number of hydroxylamine groups is 1. The Kier molecular flexibility index (Phi) is 9.90. The molecule has 0 amide bonds. The van der Waals surface area contributed by atoms with Gasteiger partial charge in [-0.1, -0.05) is 0 Å². The van der Waals surface area contributed by atoms with Crippen molar-refractivity contribution in [1.82, 2.24) is 15.4 Å². The summed E-state index contributed by atoms with van der Waals surface area (Å²) in [7, 11) is 1.61. The van der Waals surface area contributed by atoms with Crippen molar-refractivity contribution in [3.05, 3.63) is 65.9 Å². The van der Waals surface area contributed by atoms with Crippen LogP contribution in [-0.4, -0.2) is 58.7 Å². The first-order chi connectivity index (χ1) is 18.4. The normalized spacial score (nSPS) is 18.9. The van der Waals surface area contributed by atoms with Crippen molar-refractivity contribution in [3.8, 4) is 5.75 Å². The van der Waals surface area contributed by atoms with Crippen LogP contribution in [0.5, 0.6) is 5.75 Å². The molecule has 1 aliphatic rings. The molecule has 0 aliphatic carbocycles. The van der Waals surface area contributed by atoms with Gasteiger partial charge in [-0.05, 0) is 79.6 Å². The van der Waals surface area contributed by atoms with Crippen LogP contribution < -0.4 is 10.2 Å². The summed E-state index contributed by atoms with van der Waals surface area (Å²) >= 11 is 1.39. The molecular formula is C28H33F2N3O4S. The van der Waals surface area contributed by atoms with Crippen LogP contribution in [0.2, 0.25) is 0 Å². The van der Waals surface area contributed by atoms with Gasteiger partial charge in [0.05, 0.1) is 18.7 Å². The van der Waals surface area contributed by atoms with E-state index >= 15 is 0 Å². The number of hydrogen-bond donors (Lipinski definition) is 3. The van der Waals surface area contributed by atoms with Gasteiger partial charge in [0.25, 0.3) is 0 Å². The number of pyridine rings is 1. The number of nitrogens with one attached hydrogen (secondary N) is 1. The van der Waals surface area contributed by atoms with Gasteiger partial charge in [-0.2, -0.15) is 5.48 Å². The highest BCUT2D eigenvalue weighted by atomic mass is 32.2. The molecule has 2 heterocycles. The van der Waals surface area contributed by atoms with E-state index in [1.165, 1.54) is 23.9 Å². The molecule has 38 heavy (non-hydrogen) atoms. The van der Waals surface area contributed by atoms with E-state index in [0.717, 1.165) is 41.9 Å². The average molecular weight is 546 g/mol. The monoisotopic (exact) mass is 545 g/mol. The lowest BCUT2D eigenvalue weighted by Crippen LogP contribution is -2.42. The third kappa shape index (κ3) is 7.41. The molecular weight excluding hydrogens is 512 g/mol. The lowest BCUT2D eigenvalue weighted by molar-refractivity contribution is -0.139. The van der Waals surface area contributed by atoms with Crippen molar-refractivity contribution >= 4 is 28.6 Å². The molecule has 0 saturated carbocycles. The average Bonchev–Trinajstić information content (AvgIpc) is 2.89. The summed E-state index contributed by atoms with van der Waals surface area (Å²) in [6.45, 7) is 2.18. The topological polar surface area (TPSA) is 94.9 Å². The van der Waals surface area contributed by atoms with Crippen LogP contribution in [0.25, 0.3) is 10.9 Å². The van der Waals surface area contributed by atoms with E-state index in [1.807, 2.05) is 24.3 Å². The van der Waals surface area contributed by atoms with E-state index in [4.69, 9.17) is 4.74 Å². The summed E-state index contributed by atoms with van der Waals surface area (Å²) in [5.41, 5.74) is 4.17. The standard InChI is InChI=1S/C28H33F2N3O4S/c1-37-22-3-5-26-25(16-22)24(6-8-31-26)27(32-36)4-2-18-7-9-33(17-19(18)12-28(34)35)10-11-38-23-14-20(29)13-21(30)15-23/h3,5-6,8,13-16,18-19,27,32,36H,2,4,7,9-12,17H2,1H3,(H,34,35)/t18-,19+,27?/m1/s1. The van der Waals surface area contributed by atoms with Crippen molar-refractivity contribution in [2.24, 2.45) is 11.8 Å². The van der Waals surface area contributed by atoms with Gasteiger partial charge in [0.2, 0.25) is 0 Å². The van der Waals surface area contributed by atoms with E-state index in [2.05, 4.69) is 15.4 Å². The number of piperidine rings is 1. The molecule has 10 heteroatoms. The first-order valence-electron chi connectivity index (χ1n) is 12.7. The maximum Gasteiger partial charge on any atom is 0.303 e. The second-order valence-electron chi connectivity index (χ2n) is 9.70. The number of hydrogen-bond acceptors (Lipinski definition) is 7. The second-order valence-corrected chi connectivity index (χ2v) is 10.9. The summed E-state index contributed by atoms with van der Waals surface area (Å²) in [5.74, 6) is -0.470. The molecule has 0 bridgehead atoms. The van der Waals surface area contributed by atoms with E-state index in [0.29, 0.717) is 35.9 Å². The number of aliphatic carboxylic acids is 1. The molecule has 0 spiro atoms. The van der Waals surface area contributed by atoms with Crippen LogP contribution in [0.4, 0.5) is 8.78 Å². The van der Waals surface area contributed by atoms with E-state index in [1.54, 1.807) is 13.3 Å². The van der Waals surface area contributed by atoms with Crippen molar-refractivity contribution in [2.45, 2.75) is 36.6 Å². The first-order valence-corrected chi connectivity index (χ1v) is 13.7. The number of halogens is 2. The third-order valence-corrected chi connectivity index (χ3v) is 8.22. The molecule has 1 aromatic heterocycles. The highest BCUT2D eigenvalue weighted by Crippen LogP contribution is 2.35. The number of nitrogens with zero attached hydrogens (tertiary/aromatic N) is 2. The van der Waals surface area contributed by atoms with Crippen molar-refractivity contribution in [2.75, 3.05) is 32.5 Å². The highest BCUT2D eigenvalue weighted by molar-refractivity contribution is 7.99. The molecule has 2 aromatic carbocycles. The van der Waals surface area contributed by atoms with Gasteiger partial charge in [-0.25, -0.2) is 8.78 Å². The summed E-state index contributed by atoms with van der Waals surface area (Å²) in [6.07, 6.45) is 4.04. The number of carbonyl (C=O) groups is 1. The van der Waals surface area contributed by atoms with Crippen LogP contribution in [0.3, 0.4) is 0 Å². The van der Waals surface area contributed by atoms with E-state index in [9.17, 15) is 23.9 Å². The fourth-order valence-corrected chi connectivity index (χ4v) is 6.32. The lowest BCUT2D eigenvalue weighted by Gasteiger charge is -2.38. The zero-order valence-electron chi connectivity index (χ0n) is 21.3. The lowest BCUT2D eigenvalue weighted by atomic mass is 9.79. The number of rotatable bonds is 12. The maximum atomic E-state index is 13.5. The van der Waals surface area contributed by atoms with Crippen LogP contribution in [-0.2, 0) is 4.79 Å². The smallest absolute Gasteiger partial charge is 0.303 e.